The molecule has 0 aromatic carbocycles. The van der Waals surface area contributed by atoms with E-state index in [1.165, 1.54) is 0 Å². The molecule has 1 atom stereocenters. The summed E-state index contributed by atoms with van der Waals surface area (Å²) in [6, 6.07) is -0.250. The van der Waals surface area contributed by atoms with Crippen LogP contribution in [0.2, 0.25) is 0 Å². The van der Waals surface area contributed by atoms with Gasteiger partial charge in [-0.15, -0.1) is 0 Å². The van der Waals surface area contributed by atoms with Crippen LogP contribution in [0, 0.1) is 5.41 Å². The number of carbonyl (C=O) groups is 1. The van der Waals surface area contributed by atoms with E-state index in [2.05, 4.69) is 15.5 Å². The van der Waals surface area contributed by atoms with E-state index in [0.717, 1.165) is 34.4 Å². The van der Waals surface area contributed by atoms with Gasteiger partial charge in [0.15, 0.2) is 0 Å². The van der Waals surface area contributed by atoms with Gasteiger partial charge in [0.1, 0.15) is 0 Å². The van der Waals surface area contributed by atoms with Gasteiger partial charge >= 0.3 is 0 Å². The van der Waals surface area contributed by atoms with Crippen molar-refractivity contribution in [3.63, 3.8) is 0 Å². The summed E-state index contributed by atoms with van der Waals surface area (Å²) in [4.78, 5) is 12.2. The lowest BCUT2D eigenvalue weighted by atomic mass is 9.87. The zero-order valence-electron chi connectivity index (χ0n) is 11.3. The standard InChI is InChI=1S/C14H17N3O2/c1-14(2,3)9(6-18)16-13(19)11-8-4-7-5-15-17-12(7)10(8)11/h5,9,18H,4,6H2,1-3H3,(H,16,19)/t9-/m1/s1. The molecule has 1 aliphatic heterocycles. The van der Waals surface area contributed by atoms with E-state index in [-0.39, 0.29) is 24.0 Å². The molecule has 1 heterocycles. The second kappa shape index (κ2) is 3.87. The Morgan fingerprint density at radius 1 is 1.53 bits per heavy atom. The number of fused-ring (bicyclic) bond motifs is 2. The van der Waals surface area contributed by atoms with Gasteiger partial charge < -0.3 is 10.4 Å². The Hall–Kier alpha value is -1.75. The molecule has 0 saturated heterocycles. The normalized spacial score (nSPS) is 21.4. The average molecular weight is 259 g/mol. The highest BCUT2D eigenvalue weighted by Gasteiger charge is 2.45. The van der Waals surface area contributed by atoms with Gasteiger partial charge in [-0.3, -0.25) is 4.79 Å². The highest BCUT2D eigenvalue weighted by Crippen LogP contribution is 2.54. The number of hydrogen-bond acceptors (Lipinski definition) is 4. The fourth-order valence-electron chi connectivity index (χ4n) is 2.49. The number of amides is 1. The smallest absolute Gasteiger partial charge is 0.252 e. The van der Waals surface area contributed by atoms with Crippen LogP contribution < -0.4 is 5.32 Å². The number of hydrogen-bond donors (Lipinski definition) is 2. The minimum absolute atomic E-state index is 0.0609. The minimum Gasteiger partial charge on any atom is -0.394 e. The van der Waals surface area contributed by atoms with Crippen molar-refractivity contribution in [2.24, 2.45) is 15.6 Å². The van der Waals surface area contributed by atoms with Crippen molar-refractivity contribution in [1.82, 2.24) is 5.32 Å². The molecular formula is C14H17N3O2. The molecule has 1 amide bonds. The van der Waals surface area contributed by atoms with Crippen molar-refractivity contribution in [2.75, 3.05) is 6.61 Å². The van der Waals surface area contributed by atoms with Crippen LogP contribution in [0.1, 0.15) is 27.2 Å². The summed E-state index contributed by atoms with van der Waals surface area (Å²) in [6.07, 6.45) is 2.52. The topological polar surface area (TPSA) is 74.0 Å². The minimum atomic E-state index is -0.250. The fourth-order valence-corrected chi connectivity index (χ4v) is 2.49. The van der Waals surface area contributed by atoms with Crippen LogP contribution in [0.4, 0.5) is 0 Å². The van der Waals surface area contributed by atoms with Crippen LogP contribution in [0.3, 0.4) is 0 Å². The first kappa shape index (κ1) is 12.3. The van der Waals surface area contributed by atoms with E-state index in [4.69, 9.17) is 0 Å². The maximum Gasteiger partial charge on any atom is 0.252 e. The quantitative estimate of drug-likeness (QED) is 0.811. The van der Waals surface area contributed by atoms with E-state index in [9.17, 15) is 9.90 Å². The van der Waals surface area contributed by atoms with Crippen LogP contribution in [0.15, 0.2) is 44.4 Å². The number of aliphatic hydroxyl groups excluding tert-OH is 1. The van der Waals surface area contributed by atoms with Crippen molar-refractivity contribution in [3.8, 4) is 0 Å². The molecule has 5 heteroatoms. The van der Waals surface area contributed by atoms with E-state index in [1.807, 2.05) is 20.8 Å². The molecule has 0 spiro atoms. The number of aliphatic hydroxyl groups is 1. The predicted octanol–water partition coefficient (Wildman–Crippen LogP) is 1.83. The first-order chi connectivity index (χ1) is 8.93. The zero-order chi connectivity index (χ0) is 13.8. The van der Waals surface area contributed by atoms with Crippen LogP contribution in [-0.2, 0) is 4.79 Å². The molecule has 19 heavy (non-hydrogen) atoms. The number of rotatable bonds is 3. The molecule has 5 nitrogen and oxygen atoms in total. The van der Waals surface area contributed by atoms with Gasteiger partial charge in [-0.05, 0) is 11.0 Å². The second-order valence-corrected chi connectivity index (χ2v) is 6.20. The molecule has 0 saturated carbocycles. The van der Waals surface area contributed by atoms with Gasteiger partial charge in [-0.25, -0.2) is 0 Å². The summed E-state index contributed by atoms with van der Waals surface area (Å²) in [5.74, 6) is -0.104. The molecule has 0 fully saturated rings. The van der Waals surface area contributed by atoms with Crippen molar-refractivity contribution < 1.29 is 9.90 Å². The number of carbonyl (C=O) groups excluding carboxylic acids is 1. The van der Waals surface area contributed by atoms with E-state index < -0.39 is 0 Å². The Balaban J connectivity index is 1.73. The molecule has 3 aliphatic rings. The third-order valence-corrected chi connectivity index (χ3v) is 3.83. The molecule has 2 aliphatic carbocycles. The van der Waals surface area contributed by atoms with Crippen molar-refractivity contribution in [3.05, 3.63) is 34.2 Å². The fraction of sp³-hybridized carbons (Fsp3) is 0.500. The van der Waals surface area contributed by atoms with Gasteiger partial charge in [-0.1, -0.05) is 20.8 Å². The SMILES string of the molecule is CC(C)(C)[C@@H](CO)NC(=O)C1=C2CC3=CN=NC3=C21. The van der Waals surface area contributed by atoms with E-state index in [0.29, 0.717) is 0 Å². The molecule has 3 rings (SSSR count). The number of azo groups is 1. The van der Waals surface area contributed by atoms with Gasteiger partial charge in [0, 0.05) is 17.6 Å². The second-order valence-electron chi connectivity index (χ2n) is 6.20. The predicted molar refractivity (Wildman–Crippen MR) is 70.1 cm³/mol. The largest absolute Gasteiger partial charge is 0.394 e. The van der Waals surface area contributed by atoms with E-state index in [1.54, 1.807) is 6.20 Å². The molecule has 0 aromatic heterocycles. The van der Waals surface area contributed by atoms with Gasteiger partial charge in [0.25, 0.3) is 5.91 Å². The van der Waals surface area contributed by atoms with Crippen molar-refractivity contribution >= 4 is 5.91 Å². The molecule has 0 unspecified atom stereocenters. The molecule has 2 N–H and O–H groups in total. The Kier molecular flexibility index (Phi) is 2.50. The Morgan fingerprint density at radius 2 is 2.26 bits per heavy atom. The highest BCUT2D eigenvalue weighted by atomic mass is 16.3. The Labute approximate surface area is 111 Å². The lowest BCUT2D eigenvalue weighted by Gasteiger charge is -2.29. The first-order valence-electron chi connectivity index (χ1n) is 6.43. The summed E-state index contributed by atoms with van der Waals surface area (Å²) < 4.78 is 0. The van der Waals surface area contributed by atoms with Gasteiger partial charge in [-0.2, -0.15) is 10.2 Å². The van der Waals surface area contributed by atoms with Crippen molar-refractivity contribution in [2.45, 2.75) is 33.2 Å². The maximum absolute atomic E-state index is 12.2. The monoisotopic (exact) mass is 259 g/mol. The Morgan fingerprint density at radius 3 is 2.89 bits per heavy atom. The highest BCUT2D eigenvalue weighted by molar-refractivity contribution is 6.10. The summed E-state index contributed by atoms with van der Waals surface area (Å²) >= 11 is 0. The summed E-state index contributed by atoms with van der Waals surface area (Å²) in [5.41, 5.74) is 4.59. The third-order valence-electron chi connectivity index (χ3n) is 3.83. The first-order valence-corrected chi connectivity index (χ1v) is 6.43. The van der Waals surface area contributed by atoms with Crippen molar-refractivity contribution in [1.29, 1.82) is 0 Å². The summed E-state index contributed by atoms with van der Waals surface area (Å²) in [6.45, 7) is 5.92. The molecule has 0 radical (unpaired) electrons. The summed E-state index contributed by atoms with van der Waals surface area (Å²) in [7, 11) is 0. The van der Waals surface area contributed by atoms with Crippen LogP contribution in [0.5, 0.6) is 0 Å². The van der Waals surface area contributed by atoms with Gasteiger partial charge in [0.2, 0.25) is 0 Å². The zero-order valence-corrected chi connectivity index (χ0v) is 11.3. The number of nitrogens with zero attached hydrogens (tertiary/aromatic N) is 2. The number of allylic oxidation sites excluding steroid dienone is 2. The third kappa shape index (κ3) is 1.85. The van der Waals surface area contributed by atoms with Crippen LogP contribution in [0.25, 0.3) is 0 Å². The maximum atomic E-state index is 12.2. The molecular weight excluding hydrogens is 242 g/mol. The lowest BCUT2D eigenvalue weighted by Crippen LogP contribution is -2.46. The summed E-state index contributed by atoms with van der Waals surface area (Å²) in [5, 5.41) is 20.2. The van der Waals surface area contributed by atoms with Crippen LogP contribution in [-0.4, -0.2) is 23.7 Å². The van der Waals surface area contributed by atoms with E-state index >= 15 is 0 Å². The molecule has 0 aromatic rings. The Bertz CT molecular complexity index is 588. The van der Waals surface area contributed by atoms with Crippen LogP contribution >= 0.6 is 0 Å². The van der Waals surface area contributed by atoms with Gasteiger partial charge in [0.05, 0.1) is 30.1 Å². The molecule has 0 bridgehead atoms. The average Bonchev–Trinajstić information content (AvgIpc) is 2.70. The molecule has 100 valence electrons. The lowest BCUT2D eigenvalue weighted by molar-refractivity contribution is -0.118. The number of nitrogens with one attached hydrogen (secondary N) is 1.